The van der Waals surface area contributed by atoms with E-state index in [0.29, 0.717) is 12.2 Å². The predicted molar refractivity (Wildman–Crippen MR) is 37.7 cm³/mol. The third-order valence-corrected chi connectivity index (χ3v) is 0.932. The number of hydrogen-bond acceptors (Lipinski definition) is 1. The summed E-state index contributed by atoms with van der Waals surface area (Å²) in [5.74, 6) is -0.281. The molecule has 0 radical (unpaired) electrons. The van der Waals surface area contributed by atoms with Crippen LogP contribution in [-0.2, 0) is 0 Å². The molecule has 0 amide bonds. The van der Waals surface area contributed by atoms with Crippen LogP contribution in [0.4, 0.5) is 4.39 Å². The quantitative estimate of drug-likeness (QED) is 0.574. The van der Waals surface area contributed by atoms with Crippen LogP contribution in [-0.4, -0.2) is 6.54 Å². The second kappa shape index (κ2) is 4.13. The van der Waals surface area contributed by atoms with Gasteiger partial charge >= 0.3 is 0 Å². The van der Waals surface area contributed by atoms with E-state index < -0.39 is 0 Å². The summed E-state index contributed by atoms with van der Waals surface area (Å²) in [6, 6.07) is 0. The minimum Gasteiger partial charge on any atom is -0.383 e. The van der Waals surface area contributed by atoms with Gasteiger partial charge in [-0.1, -0.05) is 6.58 Å². The van der Waals surface area contributed by atoms with E-state index in [1.54, 1.807) is 6.92 Å². The summed E-state index contributed by atoms with van der Waals surface area (Å²) < 4.78 is 12.4. The molecule has 2 heteroatoms. The van der Waals surface area contributed by atoms with Crippen molar-refractivity contribution in [3.05, 3.63) is 24.2 Å². The fraction of sp³-hybridized carbons (Fsp3) is 0.429. The zero-order chi connectivity index (χ0) is 7.28. The molecule has 0 atom stereocenters. The first-order valence-corrected chi connectivity index (χ1v) is 2.97. The average Bonchev–Trinajstić information content (AvgIpc) is 1.87. The smallest absolute Gasteiger partial charge is 0.141 e. The molecule has 0 fully saturated rings. The molecule has 0 aliphatic carbocycles. The molecule has 0 aliphatic rings. The molecule has 0 aromatic rings. The highest BCUT2D eigenvalue weighted by Gasteiger charge is 1.94. The first-order valence-electron chi connectivity index (χ1n) is 2.97. The van der Waals surface area contributed by atoms with E-state index >= 15 is 0 Å². The third-order valence-electron chi connectivity index (χ3n) is 0.932. The highest BCUT2D eigenvalue weighted by Crippen LogP contribution is 2.03. The molecule has 9 heavy (non-hydrogen) atoms. The molecule has 52 valence electrons. The zero-order valence-corrected chi connectivity index (χ0v) is 5.87. The number of allylic oxidation sites excluding steroid dienone is 2. The van der Waals surface area contributed by atoms with E-state index in [4.69, 9.17) is 0 Å². The maximum Gasteiger partial charge on any atom is 0.141 e. The summed E-state index contributed by atoms with van der Waals surface area (Å²) >= 11 is 0. The summed E-state index contributed by atoms with van der Waals surface area (Å²) in [6.45, 7) is 7.70. The van der Waals surface area contributed by atoms with E-state index in [1.165, 1.54) is 6.08 Å². The normalized spacial score (nSPS) is 11.2. The van der Waals surface area contributed by atoms with Crippen LogP contribution in [0.5, 0.6) is 0 Å². The van der Waals surface area contributed by atoms with Crippen molar-refractivity contribution in [2.75, 3.05) is 6.54 Å². The van der Waals surface area contributed by atoms with Gasteiger partial charge in [-0.25, -0.2) is 4.39 Å². The zero-order valence-electron chi connectivity index (χ0n) is 5.87. The molecule has 0 aromatic heterocycles. The van der Waals surface area contributed by atoms with Gasteiger partial charge in [0.15, 0.2) is 0 Å². The summed E-state index contributed by atoms with van der Waals surface area (Å²) in [7, 11) is 0. The van der Waals surface area contributed by atoms with Crippen molar-refractivity contribution in [3.63, 3.8) is 0 Å². The van der Waals surface area contributed by atoms with E-state index in [2.05, 4.69) is 11.9 Å². The molecular formula is C7H12FN. The van der Waals surface area contributed by atoms with E-state index in [1.807, 2.05) is 6.92 Å². The number of hydrogen-bond donors (Lipinski definition) is 1. The Morgan fingerprint density at radius 1 is 1.78 bits per heavy atom. The van der Waals surface area contributed by atoms with Gasteiger partial charge in [-0.2, -0.15) is 0 Å². The molecule has 0 saturated carbocycles. The van der Waals surface area contributed by atoms with Crippen molar-refractivity contribution in [1.29, 1.82) is 0 Å². The highest BCUT2D eigenvalue weighted by molar-refractivity contribution is 5.18. The minimum absolute atomic E-state index is 0.281. The lowest BCUT2D eigenvalue weighted by molar-refractivity contribution is 0.624. The summed E-state index contributed by atoms with van der Waals surface area (Å²) in [5, 5.41) is 2.76. The number of rotatable bonds is 3. The van der Waals surface area contributed by atoms with Gasteiger partial charge in [0.2, 0.25) is 0 Å². The molecule has 0 bridgehead atoms. The van der Waals surface area contributed by atoms with Crippen LogP contribution in [0.1, 0.15) is 13.8 Å². The van der Waals surface area contributed by atoms with Gasteiger partial charge in [-0.3, -0.25) is 0 Å². The van der Waals surface area contributed by atoms with Crippen LogP contribution >= 0.6 is 0 Å². The topological polar surface area (TPSA) is 12.0 Å². The average molecular weight is 129 g/mol. The van der Waals surface area contributed by atoms with Crippen molar-refractivity contribution in [3.8, 4) is 0 Å². The highest BCUT2D eigenvalue weighted by atomic mass is 19.1. The lowest BCUT2D eigenvalue weighted by Crippen LogP contribution is -2.10. The molecule has 1 N–H and O–H groups in total. The Bertz CT molecular complexity index is 127. The first-order chi connectivity index (χ1) is 4.22. The molecule has 0 rings (SSSR count). The Morgan fingerprint density at radius 3 is 2.67 bits per heavy atom. The third kappa shape index (κ3) is 2.90. The van der Waals surface area contributed by atoms with Crippen LogP contribution < -0.4 is 5.32 Å². The van der Waals surface area contributed by atoms with Crippen molar-refractivity contribution in [2.45, 2.75) is 13.8 Å². The molecule has 0 unspecified atom stereocenters. The van der Waals surface area contributed by atoms with Gasteiger partial charge in [0.05, 0.1) is 5.70 Å². The number of nitrogens with one attached hydrogen (secondary N) is 1. The van der Waals surface area contributed by atoms with Gasteiger partial charge in [-0.15, -0.1) is 0 Å². The SMILES string of the molecule is C=C(NCC)/C(F)=C\C. The second-order valence-corrected chi connectivity index (χ2v) is 1.65. The number of halogens is 1. The van der Waals surface area contributed by atoms with Crippen LogP contribution in [0, 0.1) is 0 Å². The molecule has 0 aliphatic heterocycles. The van der Waals surface area contributed by atoms with Gasteiger partial charge < -0.3 is 5.32 Å². The van der Waals surface area contributed by atoms with Gasteiger partial charge in [0, 0.05) is 6.54 Å². The standard InChI is InChI=1S/C7H12FN/c1-4-7(8)6(3)9-5-2/h4,9H,3,5H2,1-2H3/b7-4+. The lowest BCUT2D eigenvalue weighted by atomic mass is 10.4. The summed E-state index contributed by atoms with van der Waals surface area (Å²) in [5.41, 5.74) is 0.361. The van der Waals surface area contributed by atoms with Crippen molar-refractivity contribution >= 4 is 0 Å². The molecule has 0 spiro atoms. The number of likely N-dealkylation sites (N-methyl/N-ethyl adjacent to an activating group) is 1. The Labute approximate surface area is 55.3 Å². The maximum atomic E-state index is 12.4. The minimum atomic E-state index is -0.281. The monoisotopic (exact) mass is 129 g/mol. The Kier molecular flexibility index (Phi) is 3.76. The Hall–Kier alpha value is -0.790. The molecule has 1 nitrogen and oxygen atoms in total. The van der Waals surface area contributed by atoms with Crippen molar-refractivity contribution in [2.24, 2.45) is 0 Å². The molecule has 0 saturated heterocycles. The van der Waals surface area contributed by atoms with Gasteiger partial charge in [-0.05, 0) is 19.9 Å². The fourth-order valence-corrected chi connectivity index (χ4v) is 0.472. The Balaban J connectivity index is 3.74. The van der Waals surface area contributed by atoms with Crippen LogP contribution in [0.25, 0.3) is 0 Å². The molecular weight excluding hydrogens is 117 g/mol. The van der Waals surface area contributed by atoms with Crippen LogP contribution in [0.15, 0.2) is 24.2 Å². The van der Waals surface area contributed by atoms with E-state index in [9.17, 15) is 4.39 Å². The Morgan fingerprint density at radius 2 is 2.33 bits per heavy atom. The van der Waals surface area contributed by atoms with E-state index in [-0.39, 0.29) is 5.83 Å². The van der Waals surface area contributed by atoms with Crippen molar-refractivity contribution < 1.29 is 4.39 Å². The maximum absolute atomic E-state index is 12.4. The lowest BCUT2D eigenvalue weighted by Gasteiger charge is -2.01. The first kappa shape index (κ1) is 8.21. The fourth-order valence-electron chi connectivity index (χ4n) is 0.472. The molecule has 0 heterocycles. The van der Waals surface area contributed by atoms with Gasteiger partial charge in [0.25, 0.3) is 0 Å². The summed E-state index contributed by atoms with van der Waals surface area (Å²) in [6.07, 6.45) is 1.38. The largest absolute Gasteiger partial charge is 0.383 e. The second-order valence-electron chi connectivity index (χ2n) is 1.65. The predicted octanol–water partition coefficient (Wildman–Crippen LogP) is 1.98. The van der Waals surface area contributed by atoms with Crippen LogP contribution in [0.2, 0.25) is 0 Å². The van der Waals surface area contributed by atoms with Crippen LogP contribution in [0.3, 0.4) is 0 Å². The van der Waals surface area contributed by atoms with E-state index in [0.717, 1.165) is 0 Å². The molecule has 0 aromatic carbocycles. The van der Waals surface area contributed by atoms with Gasteiger partial charge in [0.1, 0.15) is 5.83 Å². The van der Waals surface area contributed by atoms with Crippen molar-refractivity contribution in [1.82, 2.24) is 5.32 Å². The summed E-state index contributed by atoms with van der Waals surface area (Å²) in [4.78, 5) is 0.